The monoisotopic (exact) mass is 550 g/mol. The predicted octanol–water partition coefficient (Wildman–Crippen LogP) is 4.21. The minimum absolute atomic E-state index is 0. The number of rotatable bonds is 9. The highest BCUT2D eigenvalue weighted by atomic mass is 127. The van der Waals surface area contributed by atoms with Crippen LogP contribution in [0, 0.1) is 6.92 Å². The van der Waals surface area contributed by atoms with Gasteiger partial charge in [-0.15, -0.1) is 24.0 Å². The Morgan fingerprint density at radius 3 is 2.69 bits per heavy atom. The van der Waals surface area contributed by atoms with E-state index in [0.717, 1.165) is 54.5 Å². The number of hydrogen-bond donors (Lipinski definition) is 1. The van der Waals surface area contributed by atoms with Gasteiger partial charge in [0.25, 0.3) is 0 Å². The van der Waals surface area contributed by atoms with Crippen LogP contribution in [0.4, 0.5) is 0 Å². The normalized spacial score (nSPS) is 13.7. The van der Waals surface area contributed by atoms with Crippen LogP contribution in [-0.2, 0) is 17.9 Å². The van der Waals surface area contributed by atoms with E-state index in [1.807, 2.05) is 36.2 Å². The molecule has 1 saturated heterocycles. The van der Waals surface area contributed by atoms with E-state index < -0.39 is 0 Å². The Labute approximate surface area is 209 Å². The standard InChI is InChI=1S/C25H34N4O2.HI/c1-4-26-25(28(3)15-16-31-23-12-6-5-9-20(23)2)27-18-21-10-7-11-22(17-21)19-29-14-8-13-24(29)30;/h5-7,9-12,17H,4,8,13-16,18-19H2,1-3H3,(H,26,27);1H. The third-order valence-corrected chi connectivity index (χ3v) is 5.42. The summed E-state index contributed by atoms with van der Waals surface area (Å²) in [4.78, 5) is 20.7. The number of aliphatic imine (C=N–C) groups is 1. The molecule has 2 aromatic carbocycles. The predicted molar refractivity (Wildman–Crippen MR) is 141 cm³/mol. The number of ether oxygens (including phenoxy) is 1. The van der Waals surface area contributed by atoms with E-state index in [0.29, 0.717) is 26.1 Å². The van der Waals surface area contributed by atoms with Crippen LogP contribution in [0.15, 0.2) is 53.5 Å². The van der Waals surface area contributed by atoms with Crippen LogP contribution >= 0.6 is 24.0 Å². The lowest BCUT2D eigenvalue weighted by atomic mass is 10.1. The van der Waals surface area contributed by atoms with Gasteiger partial charge >= 0.3 is 0 Å². The minimum atomic E-state index is 0. The molecule has 1 aliphatic heterocycles. The molecular weight excluding hydrogens is 515 g/mol. The molecule has 0 atom stereocenters. The zero-order valence-electron chi connectivity index (χ0n) is 19.3. The van der Waals surface area contributed by atoms with Gasteiger partial charge in [0.1, 0.15) is 12.4 Å². The van der Waals surface area contributed by atoms with Crippen molar-refractivity contribution in [3.63, 3.8) is 0 Å². The van der Waals surface area contributed by atoms with Crippen LogP contribution in [-0.4, -0.2) is 55.0 Å². The second kappa shape index (κ2) is 13.3. The van der Waals surface area contributed by atoms with Gasteiger partial charge in [0, 0.05) is 33.1 Å². The number of likely N-dealkylation sites (tertiary alicyclic amines) is 1. The molecule has 32 heavy (non-hydrogen) atoms. The summed E-state index contributed by atoms with van der Waals surface area (Å²) in [6.45, 7) is 8.39. The quantitative estimate of drug-likeness (QED) is 0.289. The number of aryl methyl sites for hydroxylation is 1. The zero-order valence-corrected chi connectivity index (χ0v) is 21.7. The third kappa shape index (κ3) is 7.69. The summed E-state index contributed by atoms with van der Waals surface area (Å²) in [5.74, 6) is 2.04. The summed E-state index contributed by atoms with van der Waals surface area (Å²) in [6.07, 6.45) is 1.64. The first kappa shape index (κ1) is 26.0. The number of likely N-dealkylation sites (N-methyl/N-ethyl adjacent to an activating group) is 1. The van der Waals surface area contributed by atoms with Gasteiger partial charge in [-0.2, -0.15) is 0 Å². The van der Waals surface area contributed by atoms with Gasteiger partial charge in [0.2, 0.25) is 5.91 Å². The van der Waals surface area contributed by atoms with Crippen molar-refractivity contribution < 1.29 is 9.53 Å². The molecule has 0 bridgehead atoms. The molecule has 6 nitrogen and oxygen atoms in total. The number of guanidine groups is 1. The van der Waals surface area contributed by atoms with Crippen molar-refractivity contribution in [3.8, 4) is 5.75 Å². The molecule has 0 aliphatic carbocycles. The molecule has 0 unspecified atom stereocenters. The van der Waals surface area contributed by atoms with Gasteiger partial charge < -0.3 is 19.9 Å². The molecule has 2 aromatic rings. The Kier molecular flexibility index (Phi) is 10.8. The van der Waals surface area contributed by atoms with E-state index in [9.17, 15) is 4.79 Å². The number of carbonyl (C=O) groups is 1. The van der Waals surface area contributed by atoms with Gasteiger partial charge in [0.05, 0.1) is 13.1 Å². The van der Waals surface area contributed by atoms with Crippen molar-refractivity contribution in [2.45, 2.75) is 39.8 Å². The lowest BCUT2D eigenvalue weighted by Crippen LogP contribution is -2.40. The molecule has 0 spiro atoms. The van der Waals surface area contributed by atoms with Crippen LogP contribution in [0.2, 0.25) is 0 Å². The Morgan fingerprint density at radius 1 is 1.19 bits per heavy atom. The van der Waals surface area contributed by atoms with Crippen molar-refractivity contribution in [1.29, 1.82) is 0 Å². The molecule has 7 heteroatoms. The largest absolute Gasteiger partial charge is 0.491 e. The number of halogens is 1. The first-order valence-electron chi connectivity index (χ1n) is 11.1. The highest BCUT2D eigenvalue weighted by Gasteiger charge is 2.19. The maximum Gasteiger partial charge on any atom is 0.222 e. The van der Waals surface area contributed by atoms with Gasteiger partial charge in [-0.1, -0.05) is 42.5 Å². The summed E-state index contributed by atoms with van der Waals surface area (Å²) in [5.41, 5.74) is 3.44. The van der Waals surface area contributed by atoms with Crippen LogP contribution in [0.5, 0.6) is 5.75 Å². The van der Waals surface area contributed by atoms with Crippen molar-refractivity contribution in [2.75, 3.05) is 33.3 Å². The number of benzene rings is 2. The molecule has 174 valence electrons. The molecule has 0 radical (unpaired) electrons. The number of nitrogens with zero attached hydrogens (tertiary/aromatic N) is 3. The minimum Gasteiger partial charge on any atom is -0.491 e. The summed E-state index contributed by atoms with van der Waals surface area (Å²) in [5, 5.41) is 3.36. The van der Waals surface area contributed by atoms with Gasteiger partial charge in [-0.3, -0.25) is 4.79 Å². The van der Waals surface area contributed by atoms with E-state index in [2.05, 4.69) is 48.3 Å². The lowest BCUT2D eigenvalue weighted by Gasteiger charge is -2.22. The summed E-state index contributed by atoms with van der Waals surface area (Å²) < 4.78 is 5.93. The van der Waals surface area contributed by atoms with Crippen LogP contribution in [0.3, 0.4) is 0 Å². The van der Waals surface area contributed by atoms with Gasteiger partial charge in [-0.05, 0) is 43.0 Å². The molecule has 3 rings (SSSR count). The zero-order chi connectivity index (χ0) is 22.1. The highest BCUT2D eigenvalue weighted by molar-refractivity contribution is 14.0. The molecule has 1 heterocycles. The Morgan fingerprint density at radius 2 is 1.97 bits per heavy atom. The Balaban J connectivity index is 0.00000363. The van der Waals surface area contributed by atoms with Crippen molar-refractivity contribution >= 4 is 35.8 Å². The second-order valence-electron chi connectivity index (χ2n) is 7.94. The molecule has 0 aromatic heterocycles. The Bertz CT molecular complexity index is 903. The number of amides is 1. The van der Waals surface area contributed by atoms with E-state index in [4.69, 9.17) is 9.73 Å². The summed E-state index contributed by atoms with van der Waals surface area (Å²) in [6, 6.07) is 16.4. The first-order valence-corrected chi connectivity index (χ1v) is 11.1. The lowest BCUT2D eigenvalue weighted by molar-refractivity contribution is -0.128. The fraction of sp³-hybridized carbons (Fsp3) is 0.440. The topological polar surface area (TPSA) is 57.2 Å². The third-order valence-electron chi connectivity index (χ3n) is 5.42. The molecule has 0 saturated carbocycles. The fourth-order valence-corrected chi connectivity index (χ4v) is 3.67. The summed E-state index contributed by atoms with van der Waals surface area (Å²) >= 11 is 0. The second-order valence-corrected chi connectivity index (χ2v) is 7.94. The molecule has 1 N–H and O–H groups in total. The van der Waals surface area contributed by atoms with E-state index >= 15 is 0 Å². The van der Waals surface area contributed by atoms with Gasteiger partial charge in [-0.25, -0.2) is 4.99 Å². The maximum atomic E-state index is 11.9. The van der Waals surface area contributed by atoms with Crippen LogP contribution in [0.1, 0.15) is 36.5 Å². The smallest absolute Gasteiger partial charge is 0.222 e. The average molecular weight is 550 g/mol. The van der Waals surface area contributed by atoms with Crippen molar-refractivity contribution in [2.24, 2.45) is 4.99 Å². The van der Waals surface area contributed by atoms with E-state index in [1.165, 1.54) is 0 Å². The highest BCUT2D eigenvalue weighted by Crippen LogP contribution is 2.17. The molecule has 1 fully saturated rings. The number of hydrogen-bond acceptors (Lipinski definition) is 3. The maximum absolute atomic E-state index is 11.9. The number of nitrogens with one attached hydrogen (secondary N) is 1. The van der Waals surface area contributed by atoms with Crippen LogP contribution < -0.4 is 10.1 Å². The van der Waals surface area contributed by atoms with E-state index in [-0.39, 0.29) is 29.9 Å². The Hall–Kier alpha value is -2.29. The molecule has 1 amide bonds. The van der Waals surface area contributed by atoms with Gasteiger partial charge in [0.15, 0.2) is 5.96 Å². The molecular formula is C25H35IN4O2. The fourth-order valence-electron chi connectivity index (χ4n) is 3.67. The van der Waals surface area contributed by atoms with E-state index in [1.54, 1.807) is 0 Å². The van der Waals surface area contributed by atoms with Crippen molar-refractivity contribution in [1.82, 2.24) is 15.1 Å². The van der Waals surface area contributed by atoms with Crippen LogP contribution in [0.25, 0.3) is 0 Å². The number of para-hydroxylation sites is 1. The van der Waals surface area contributed by atoms with Crippen molar-refractivity contribution in [3.05, 3.63) is 65.2 Å². The summed E-state index contributed by atoms with van der Waals surface area (Å²) in [7, 11) is 2.03. The first-order chi connectivity index (χ1) is 15.1. The SMILES string of the molecule is CCNC(=NCc1cccc(CN2CCCC2=O)c1)N(C)CCOc1ccccc1C.I. The number of carbonyl (C=O) groups excluding carboxylic acids is 1. The molecule has 1 aliphatic rings. The average Bonchev–Trinajstić information content (AvgIpc) is 3.17.